The molecule has 0 bridgehead atoms. The first-order valence-electron chi connectivity index (χ1n) is 11.1. The Labute approximate surface area is 157 Å². The number of rotatable bonds is 20. The first-order chi connectivity index (χ1) is 12.3. The summed E-state index contributed by atoms with van der Waals surface area (Å²) >= 11 is 0. The van der Waals surface area contributed by atoms with Gasteiger partial charge in [-0.05, 0) is 32.1 Å². The SMILES string of the molecule is CCCCCCCCC=CCCCCCCCCCCCC(=O)CO. The molecule has 0 saturated heterocycles. The summed E-state index contributed by atoms with van der Waals surface area (Å²) in [6, 6.07) is 0. The minimum atomic E-state index is -0.283. The van der Waals surface area contributed by atoms with E-state index in [1.807, 2.05) is 0 Å². The Morgan fingerprint density at radius 3 is 1.48 bits per heavy atom. The standard InChI is InChI=1S/C23H44O2/c1-2-3-4-5-6-7-8-9-10-11-12-13-14-15-16-17-18-19-20-21-23(25)22-24/h9-10,24H,2-8,11-22H2,1H3. The molecule has 0 fully saturated rings. The number of unbranched alkanes of at least 4 members (excludes halogenated alkanes) is 15. The number of carbonyl (C=O) groups is 1. The molecule has 0 heterocycles. The molecular formula is C23H44O2. The van der Waals surface area contributed by atoms with Gasteiger partial charge in [0.2, 0.25) is 0 Å². The Balaban J connectivity index is 3.08. The number of allylic oxidation sites excluding steroid dienone is 2. The number of ketones is 1. The van der Waals surface area contributed by atoms with Crippen molar-refractivity contribution in [1.29, 1.82) is 0 Å². The van der Waals surface area contributed by atoms with Gasteiger partial charge in [0.05, 0.1) is 0 Å². The number of hydrogen-bond acceptors (Lipinski definition) is 2. The lowest BCUT2D eigenvalue weighted by atomic mass is 10.0. The largest absolute Gasteiger partial charge is 0.389 e. The van der Waals surface area contributed by atoms with Gasteiger partial charge in [-0.25, -0.2) is 0 Å². The van der Waals surface area contributed by atoms with E-state index in [4.69, 9.17) is 5.11 Å². The predicted molar refractivity (Wildman–Crippen MR) is 110 cm³/mol. The number of aliphatic hydroxyl groups excluding tert-OH is 1. The smallest absolute Gasteiger partial charge is 0.158 e. The molecule has 0 aromatic heterocycles. The molecule has 0 radical (unpaired) electrons. The molecule has 0 spiro atoms. The first-order valence-corrected chi connectivity index (χ1v) is 11.1. The van der Waals surface area contributed by atoms with Crippen molar-refractivity contribution in [2.75, 3.05) is 6.61 Å². The topological polar surface area (TPSA) is 37.3 Å². The highest BCUT2D eigenvalue weighted by Crippen LogP contribution is 2.12. The zero-order valence-corrected chi connectivity index (χ0v) is 16.9. The highest BCUT2D eigenvalue weighted by Gasteiger charge is 1.98. The van der Waals surface area contributed by atoms with Gasteiger partial charge < -0.3 is 5.11 Å². The molecular weight excluding hydrogens is 308 g/mol. The average molecular weight is 353 g/mol. The van der Waals surface area contributed by atoms with Crippen LogP contribution in [0.25, 0.3) is 0 Å². The van der Waals surface area contributed by atoms with Crippen LogP contribution in [0.5, 0.6) is 0 Å². The van der Waals surface area contributed by atoms with Crippen molar-refractivity contribution < 1.29 is 9.90 Å². The molecule has 0 rings (SSSR count). The van der Waals surface area contributed by atoms with Gasteiger partial charge in [0.25, 0.3) is 0 Å². The average Bonchev–Trinajstić information content (AvgIpc) is 2.63. The molecule has 0 atom stereocenters. The molecule has 0 saturated carbocycles. The maximum absolute atomic E-state index is 10.9. The Kier molecular flexibility index (Phi) is 20.9. The van der Waals surface area contributed by atoms with E-state index in [1.165, 1.54) is 96.3 Å². The van der Waals surface area contributed by atoms with Crippen molar-refractivity contribution >= 4 is 5.78 Å². The van der Waals surface area contributed by atoms with Crippen LogP contribution in [0.3, 0.4) is 0 Å². The fourth-order valence-corrected chi connectivity index (χ4v) is 3.18. The van der Waals surface area contributed by atoms with Gasteiger partial charge >= 0.3 is 0 Å². The third kappa shape index (κ3) is 21.3. The maximum atomic E-state index is 10.9. The molecule has 0 unspecified atom stereocenters. The van der Waals surface area contributed by atoms with Gasteiger partial charge in [-0.1, -0.05) is 96.1 Å². The van der Waals surface area contributed by atoms with Crippen LogP contribution in [0.1, 0.15) is 122 Å². The summed E-state index contributed by atoms with van der Waals surface area (Å²) in [6.45, 7) is 1.99. The molecule has 0 aliphatic carbocycles. The maximum Gasteiger partial charge on any atom is 0.158 e. The van der Waals surface area contributed by atoms with E-state index >= 15 is 0 Å². The lowest BCUT2D eigenvalue weighted by molar-refractivity contribution is -0.121. The summed E-state index contributed by atoms with van der Waals surface area (Å²) in [5, 5.41) is 8.63. The fraction of sp³-hybridized carbons (Fsp3) is 0.870. The Hall–Kier alpha value is -0.630. The van der Waals surface area contributed by atoms with E-state index in [2.05, 4.69) is 19.1 Å². The Morgan fingerprint density at radius 1 is 0.640 bits per heavy atom. The minimum absolute atomic E-state index is 0.0129. The van der Waals surface area contributed by atoms with Crippen molar-refractivity contribution in [2.45, 2.75) is 122 Å². The number of aliphatic hydroxyl groups is 1. The van der Waals surface area contributed by atoms with Crippen LogP contribution >= 0.6 is 0 Å². The van der Waals surface area contributed by atoms with Crippen molar-refractivity contribution in [1.82, 2.24) is 0 Å². The van der Waals surface area contributed by atoms with Crippen molar-refractivity contribution in [3.63, 3.8) is 0 Å². The van der Waals surface area contributed by atoms with Crippen molar-refractivity contribution in [2.24, 2.45) is 0 Å². The Bertz CT molecular complexity index is 296. The molecule has 25 heavy (non-hydrogen) atoms. The molecule has 0 amide bonds. The Morgan fingerprint density at radius 2 is 1.04 bits per heavy atom. The third-order valence-corrected chi connectivity index (χ3v) is 4.89. The minimum Gasteiger partial charge on any atom is -0.389 e. The summed E-state index contributed by atoms with van der Waals surface area (Å²) in [6.07, 6.45) is 27.6. The van der Waals surface area contributed by atoms with Gasteiger partial charge in [0.15, 0.2) is 5.78 Å². The van der Waals surface area contributed by atoms with E-state index < -0.39 is 0 Å². The summed E-state index contributed by atoms with van der Waals surface area (Å²) in [5.41, 5.74) is 0. The first kappa shape index (κ1) is 24.4. The molecule has 2 heteroatoms. The van der Waals surface area contributed by atoms with Gasteiger partial charge in [-0.15, -0.1) is 0 Å². The monoisotopic (exact) mass is 352 g/mol. The van der Waals surface area contributed by atoms with Gasteiger partial charge in [0.1, 0.15) is 6.61 Å². The zero-order chi connectivity index (χ0) is 18.4. The quantitative estimate of drug-likeness (QED) is 0.187. The second kappa shape index (κ2) is 21.4. The summed E-state index contributed by atoms with van der Waals surface area (Å²) < 4.78 is 0. The van der Waals surface area contributed by atoms with Crippen LogP contribution in [-0.4, -0.2) is 17.5 Å². The molecule has 0 aromatic rings. The van der Waals surface area contributed by atoms with E-state index in [9.17, 15) is 4.79 Å². The van der Waals surface area contributed by atoms with E-state index in [0.29, 0.717) is 6.42 Å². The molecule has 0 aromatic carbocycles. The van der Waals surface area contributed by atoms with E-state index in [0.717, 1.165) is 12.8 Å². The highest BCUT2D eigenvalue weighted by molar-refractivity contribution is 5.79. The number of Topliss-reactive ketones (excluding diaryl/α,β-unsaturated/α-hetero) is 1. The third-order valence-electron chi connectivity index (χ3n) is 4.89. The van der Waals surface area contributed by atoms with Crippen LogP contribution in [0.2, 0.25) is 0 Å². The highest BCUT2D eigenvalue weighted by atomic mass is 16.3. The van der Waals surface area contributed by atoms with Crippen LogP contribution in [0, 0.1) is 0 Å². The predicted octanol–water partition coefficient (Wildman–Crippen LogP) is 7.15. The number of carbonyl (C=O) groups excluding carboxylic acids is 1. The molecule has 2 nitrogen and oxygen atoms in total. The normalized spacial score (nSPS) is 11.4. The summed E-state index contributed by atoms with van der Waals surface area (Å²) in [7, 11) is 0. The van der Waals surface area contributed by atoms with Crippen LogP contribution in [0.15, 0.2) is 12.2 Å². The van der Waals surface area contributed by atoms with Gasteiger partial charge in [-0.2, -0.15) is 0 Å². The second-order valence-electron chi connectivity index (χ2n) is 7.45. The summed E-state index contributed by atoms with van der Waals surface area (Å²) in [4.78, 5) is 10.9. The van der Waals surface area contributed by atoms with Crippen LogP contribution in [0.4, 0.5) is 0 Å². The number of hydrogen-bond donors (Lipinski definition) is 1. The lowest BCUT2D eigenvalue weighted by Gasteiger charge is -2.02. The lowest BCUT2D eigenvalue weighted by Crippen LogP contribution is -2.02. The fourth-order valence-electron chi connectivity index (χ4n) is 3.18. The summed E-state index contributed by atoms with van der Waals surface area (Å²) in [5.74, 6) is -0.0129. The van der Waals surface area contributed by atoms with Crippen molar-refractivity contribution in [3.05, 3.63) is 12.2 Å². The van der Waals surface area contributed by atoms with Crippen molar-refractivity contribution in [3.8, 4) is 0 Å². The van der Waals surface area contributed by atoms with E-state index in [1.54, 1.807) is 0 Å². The second-order valence-corrected chi connectivity index (χ2v) is 7.45. The molecule has 0 aliphatic rings. The molecule has 0 aliphatic heterocycles. The van der Waals surface area contributed by atoms with E-state index in [-0.39, 0.29) is 12.4 Å². The molecule has 1 N–H and O–H groups in total. The molecule has 148 valence electrons. The van der Waals surface area contributed by atoms with Crippen LogP contribution < -0.4 is 0 Å². The van der Waals surface area contributed by atoms with Gasteiger partial charge in [0, 0.05) is 6.42 Å². The van der Waals surface area contributed by atoms with Gasteiger partial charge in [-0.3, -0.25) is 4.79 Å². The van der Waals surface area contributed by atoms with Crippen LogP contribution in [-0.2, 0) is 4.79 Å². The zero-order valence-electron chi connectivity index (χ0n) is 16.9.